The standard InChI is InChI=1S/C30H37N3O5S/c1-5-28(30(35)31-6-2)32(21-24-14-12-11-13-23(24)4)29(34)22-33(25-17-19-26(20-18-25)38-7-3)39(36,37)27-15-9-8-10-16-27/h8-20,28H,5-7,21-22H2,1-4H3,(H,31,35)/t28-/m0/s1. The van der Waals surface area contributed by atoms with E-state index in [-0.39, 0.29) is 17.3 Å². The SMILES string of the molecule is CCNC(=O)[C@H](CC)N(Cc1ccccc1C)C(=O)CN(c1ccc(OCC)cc1)S(=O)(=O)c1ccccc1. The summed E-state index contributed by atoms with van der Waals surface area (Å²) in [4.78, 5) is 28.6. The fourth-order valence-electron chi connectivity index (χ4n) is 4.31. The number of benzene rings is 3. The monoisotopic (exact) mass is 551 g/mol. The molecule has 9 heteroatoms. The number of hydrogen-bond donors (Lipinski definition) is 1. The third kappa shape index (κ3) is 7.38. The number of ether oxygens (including phenoxy) is 1. The molecule has 0 saturated heterocycles. The number of hydrogen-bond acceptors (Lipinski definition) is 5. The first-order valence-electron chi connectivity index (χ1n) is 13.1. The number of carbonyl (C=O) groups is 2. The zero-order valence-corrected chi connectivity index (χ0v) is 23.8. The van der Waals surface area contributed by atoms with Gasteiger partial charge in [-0.3, -0.25) is 13.9 Å². The molecule has 0 unspecified atom stereocenters. The molecule has 0 aromatic heterocycles. The number of carbonyl (C=O) groups excluding carboxylic acids is 2. The van der Waals surface area contributed by atoms with Gasteiger partial charge in [0.25, 0.3) is 10.0 Å². The number of amides is 2. The Morgan fingerprint density at radius 2 is 1.54 bits per heavy atom. The van der Waals surface area contributed by atoms with Gasteiger partial charge in [0.1, 0.15) is 18.3 Å². The molecule has 0 fully saturated rings. The molecule has 0 aliphatic carbocycles. The highest BCUT2D eigenvalue weighted by atomic mass is 32.2. The van der Waals surface area contributed by atoms with Crippen LogP contribution < -0.4 is 14.4 Å². The summed E-state index contributed by atoms with van der Waals surface area (Å²) in [6.07, 6.45) is 0.373. The van der Waals surface area contributed by atoms with Crippen LogP contribution in [0.4, 0.5) is 5.69 Å². The first-order chi connectivity index (χ1) is 18.7. The lowest BCUT2D eigenvalue weighted by atomic mass is 10.1. The average molecular weight is 552 g/mol. The molecule has 1 atom stereocenters. The third-order valence-electron chi connectivity index (χ3n) is 6.38. The van der Waals surface area contributed by atoms with Gasteiger partial charge in [0.2, 0.25) is 11.8 Å². The molecule has 0 heterocycles. The van der Waals surface area contributed by atoms with Crippen LogP contribution in [0.25, 0.3) is 0 Å². The Kier molecular flexibility index (Phi) is 10.5. The van der Waals surface area contributed by atoms with Crippen molar-refractivity contribution < 1.29 is 22.7 Å². The highest BCUT2D eigenvalue weighted by molar-refractivity contribution is 7.92. The summed E-state index contributed by atoms with van der Waals surface area (Å²) in [5, 5.41) is 2.81. The predicted molar refractivity (Wildman–Crippen MR) is 153 cm³/mol. The summed E-state index contributed by atoms with van der Waals surface area (Å²) in [5.41, 5.74) is 2.17. The summed E-state index contributed by atoms with van der Waals surface area (Å²) >= 11 is 0. The molecule has 8 nitrogen and oxygen atoms in total. The van der Waals surface area contributed by atoms with Gasteiger partial charge in [-0.1, -0.05) is 49.4 Å². The van der Waals surface area contributed by atoms with Crippen molar-refractivity contribution in [3.63, 3.8) is 0 Å². The smallest absolute Gasteiger partial charge is 0.264 e. The van der Waals surface area contributed by atoms with E-state index in [1.807, 2.05) is 52.0 Å². The number of rotatable bonds is 13. The largest absolute Gasteiger partial charge is 0.494 e. The molecule has 0 aliphatic heterocycles. The van der Waals surface area contributed by atoms with Crippen molar-refractivity contribution in [2.45, 2.75) is 51.6 Å². The molecule has 0 aliphatic rings. The zero-order valence-electron chi connectivity index (χ0n) is 23.0. The Labute approximate surface area is 231 Å². The minimum absolute atomic E-state index is 0.0629. The second-order valence-corrected chi connectivity index (χ2v) is 10.9. The van der Waals surface area contributed by atoms with Gasteiger partial charge >= 0.3 is 0 Å². The van der Waals surface area contributed by atoms with E-state index in [0.717, 1.165) is 15.4 Å². The molecule has 0 saturated carbocycles. The zero-order chi connectivity index (χ0) is 28.4. The number of aryl methyl sites for hydroxylation is 1. The van der Waals surface area contributed by atoms with Gasteiger partial charge in [-0.15, -0.1) is 0 Å². The highest BCUT2D eigenvalue weighted by Crippen LogP contribution is 2.27. The second-order valence-electron chi connectivity index (χ2n) is 9.02. The van der Waals surface area contributed by atoms with Crippen molar-refractivity contribution in [3.05, 3.63) is 90.0 Å². The van der Waals surface area contributed by atoms with Gasteiger partial charge in [-0.2, -0.15) is 0 Å². The summed E-state index contributed by atoms with van der Waals surface area (Å²) in [7, 11) is -4.11. The van der Waals surface area contributed by atoms with Gasteiger partial charge in [0.15, 0.2) is 0 Å². The lowest BCUT2D eigenvalue weighted by Gasteiger charge is -2.33. The van der Waals surface area contributed by atoms with Crippen LogP contribution in [0.15, 0.2) is 83.8 Å². The molecule has 2 amide bonds. The van der Waals surface area contributed by atoms with E-state index in [2.05, 4.69) is 5.32 Å². The molecule has 0 spiro atoms. The molecular formula is C30H37N3O5S. The number of sulfonamides is 1. The molecule has 1 N–H and O–H groups in total. The van der Waals surface area contributed by atoms with Crippen LogP contribution >= 0.6 is 0 Å². The second kappa shape index (κ2) is 13.8. The molecule has 0 radical (unpaired) electrons. The quantitative estimate of drug-likeness (QED) is 0.337. The fraction of sp³-hybridized carbons (Fsp3) is 0.333. The van der Waals surface area contributed by atoms with Gasteiger partial charge < -0.3 is 15.0 Å². The van der Waals surface area contributed by atoms with Crippen molar-refractivity contribution in [1.29, 1.82) is 0 Å². The Hall–Kier alpha value is -3.85. The maximum Gasteiger partial charge on any atom is 0.264 e. The molecule has 39 heavy (non-hydrogen) atoms. The molecule has 208 valence electrons. The Balaban J connectivity index is 2.05. The normalized spacial score (nSPS) is 11.9. The van der Waals surface area contributed by atoms with Gasteiger partial charge in [0.05, 0.1) is 17.2 Å². The summed E-state index contributed by atoms with van der Waals surface area (Å²) in [6.45, 7) is 8.04. The van der Waals surface area contributed by atoms with Crippen molar-refractivity contribution in [3.8, 4) is 5.75 Å². The predicted octanol–water partition coefficient (Wildman–Crippen LogP) is 4.53. The topological polar surface area (TPSA) is 96.0 Å². The van der Waals surface area contributed by atoms with Crippen LogP contribution in [0.1, 0.15) is 38.3 Å². The van der Waals surface area contributed by atoms with Crippen molar-refractivity contribution >= 4 is 27.5 Å². The Morgan fingerprint density at radius 3 is 2.13 bits per heavy atom. The van der Waals surface area contributed by atoms with E-state index in [4.69, 9.17) is 4.74 Å². The van der Waals surface area contributed by atoms with Crippen LogP contribution in [0, 0.1) is 6.92 Å². The van der Waals surface area contributed by atoms with Crippen LogP contribution in [-0.2, 0) is 26.2 Å². The molecule has 3 aromatic carbocycles. The lowest BCUT2D eigenvalue weighted by Crippen LogP contribution is -2.52. The van der Waals surface area contributed by atoms with Crippen molar-refractivity contribution in [2.75, 3.05) is 24.0 Å². The fourth-order valence-corrected chi connectivity index (χ4v) is 5.74. The maximum atomic E-state index is 14.0. The van der Waals surface area contributed by atoms with Crippen molar-refractivity contribution in [2.24, 2.45) is 0 Å². The van der Waals surface area contributed by atoms with Crippen LogP contribution in [0.2, 0.25) is 0 Å². The molecule has 3 aromatic rings. The lowest BCUT2D eigenvalue weighted by molar-refractivity contribution is -0.140. The van der Waals surface area contributed by atoms with E-state index in [1.54, 1.807) is 42.5 Å². The number of likely N-dealkylation sites (N-methyl/N-ethyl adjacent to an activating group) is 1. The van der Waals surface area contributed by atoms with Gasteiger partial charge in [-0.05, 0) is 74.7 Å². The number of nitrogens with zero attached hydrogens (tertiary/aromatic N) is 2. The number of nitrogens with one attached hydrogen (secondary N) is 1. The first-order valence-corrected chi connectivity index (χ1v) is 14.6. The van der Waals surface area contributed by atoms with E-state index in [9.17, 15) is 18.0 Å². The first kappa shape index (κ1) is 29.7. The van der Waals surface area contributed by atoms with Gasteiger partial charge in [-0.25, -0.2) is 8.42 Å². The highest BCUT2D eigenvalue weighted by Gasteiger charge is 2.33. The summed E-state index contributed by atoms with van der Waals surface area (Å²) in [6, 6.07) is 21.4. The van der Waals surface area contributed by atoms with E-state index >= 15 is 0 Å². The maximum absolute atomic E-state index is 14.0. The average Bonchev–Trinajstić information content (AvgIpc) is 2.94. The van der Waals surface area contributed by atoms with Crippen LogP contribution in [0.5, 0.6) is 5.75 Å². The summed E-state index contributed by atoms with van der Waals surface area (Å²) < 4.78 is 34.3. The third-order valence-corrected chi connectivity index (χ3v) is 8.17. The molecule has 0 bridgehead atoms. The van der Waals surface area contributed by atoms with Gasteiger partial charge in [0, 0.05) is 13.1 Å². The van der Waals surface area contributed by atoms with E-state index in [1.165, 1.54) is 17.0 Å². The van der Waals surface area contributed by atoms with Crippen LogP contribution in [0.3, 0.4) is 0 Å². The minimum Gasteiger partial charge on any atom is -0.494 e. The number of anilines is 1. The minimum atomic E-state index is -4.11. The Bertz CT molecular complexity index is 1340. The van der Waals surface area contributed by atoms with E-state index < -0.39 is 28.5 Å². The van der Waals surface area contributed by atoms with E-state index in [0.29, 0.717) is 31.0 Å². The van der Waals surface area contributed by atoms with Crippen molar-refractivity contribution in [1.82, 2.24) is 10.2 Å². The Morgan fingerprint density at radius 1 is 0.897 bits per heavy atom. The molecular weight excluding hydrogens is 514 g/mol. The summed E-state index contributed by atoms with van der Waals surface area (Å²) in [5.74, 6) is -0.168. The van der Waals surface area contributed by atoms with Crippen LogP contribution in [-0.4, -0.2) is 50.9 Å². The molecule has 3 rings (SSSR count).